The molecule has 1 aliphatic heterocycles. The summed E-state index contributed by atoms with van der Waals surface area (Å²) in [5.41, 5.74) is 0.454. The molecule has 0 bridgehead atoms. The van der Waals surface area contributed by atoms with E-state index in [4.69, 9.17) is 0 Å². The largest absolute Gasteiger partial charge is 0.326 e. The molecule has 1 unspecified atom stereocenters. The van der Waals surface area contributed by atoms with Gasteiger partial charge in [0.05, 0.1) is 5.41 Å². The van der Waals surface area contributed by atoms with E-state index in [9.17, 15) is 4.79 Å². The molecule has 0 spiro atoms. The van der Waals surface area contributed by atoms with Crippen LogP contribution in [0, 0.1) is 5.41 Å². The van der Waals surface area contributed by atoms with Gasteiger partial charge in [0, 0.05) is 24.8 Å². The van der Waals surface area contributed by atoms with E-state index in [2.05, 4.69) is 22.5 Å². The topological polar surface area (TPSA) is 44.4 Å². The molecule has 2 N–H and O–H groups in total. The van der Waals surface area contributed by atoms with Crippen LogP contribution in [0.5, 0.6) is 0 Å². The van der Waals surface area contributed by atoms with Crippen LogP contribution in [0.25, 0.3) is 0 Å². The molecule has 2 rings (SSSR count). The first-order valence-corrected chi connectivity index (χ1v) is 7.84. The van der Waals surface area contributed by atoms with Gasteiger partial charge in [0.25, 0.3) is 0 Å². The molecule has 0 saturated carbocycles. The SMILES string of the molecule is CCN(CC(C)(C)C(=O)Nc1ccccc1)C1CCNC1. The predicted molar refractivity (Wildman–Crippen MR) is 87.4 cm³/mol. The summed E-state index contributed by atoms with van der Waals surface area (Å²) in [6, 6.07) is 10.2. The molecular weight excluding hydrogens is 262 g/mol. The van der Waals surface area contributed by atoms with Crippen molar-refractivity contribution in [2.75, 3.05) is 31.5 Å². The zero-order valence-electron chi connectivity index (χ0n) is 13.4. The van der Waals surface area contributed by atoms with Crippen LogP contribution in [0.4, 0.5) is 5.69 Å². The van der Waals surface area contributed by atoms with Gasteiger partial charge in [-0.2, -0.15) is 0 Å². The van der Waals surface area contributed by atoms with Gasteiger partial charge in [-0.25, -0.2) is 0 Å². The minimum absolute atomic E-state index is 0.0816. The second-order valence-electron chi connectivity index (χ2n) is 6.41. The van der Waals surface area contributed by atoms with Crippen molar-refractivity contribution < 1.29 is 4.79 Å². The number of rotatable bonds is 6. The summed E-state index contributed by atoms with van der Waals surface area (Å²) in [4.78, 5) is 15.0. The lowest BCUT2D eigenvalue weighted by atomic mass is 9.90. The Morgan fingerprint density at radius 1 is 1.38 bits per heavy atom. The molecule has 1 fully saturated rings. The first-order valence-electron chi connectivity index (χ1n) is 7.84. The molecule has 1 atom stereocenters. The number of likely N-dealkylation sites (N-methyl/N-ethyl adjacent to an activating group) is 1. The highest BCUT2D eigenvalue weighted by atomic mass is 16.2. The standard InChI is InChI=1S/C17H27N3O/c1-4-20(15-10-11-18-12-15)13-17(2,3)16(21)19-14-8-6-5-7-9-14/h5-9,15,18H,4,10-13H2,1-3H3,(H,19,21). The van der Waals surface area contributed by atoms with E-state index in [1.807, 2.05) is 44.2 Å². The second kappa shape index (κ2) is 7.05. The molecule has 0 radical (unpaired) electrons. The zero-order chi connectivity index (χ0) is 15.3. The van der Waals surface area contributed by atoms with E-state index in [-0.39, 0.29) is 5.91 Å². The minimum atomic E-state index is -0.408. The van der Waals surface area contributed by atoms with Crippen molar-refractivity contribution in [1.82, 2.24) is 10.2 Å². The van der Waals surface area contributed by atoms with Crippen LogP contribution in [0.15, 0.2) is 30.3 Å². The maximum absolute atomic E-state index is 12.5. The van der Waals surface area contributed by atoms with Gasteiger partial charge < -0.3 is 10.6 Å². The molecule has 1 saturated heterocycles. The fourth-order valence-electron chi connectivity index (χ4n) is 2.85. The molecule has 1 heterocycles. The average molecular weight is 289 g/mol. The van der Waals surface area contributed by atoms with E-state index in [1.165, 1.54) is 6.42 Å². The van der Waals surface area contributed by atoms with Gasteiger partial charge in [-0.1, -0.05) is 25.1 Å². The number of carbonyl (C=O) groups is 1. The first-order chi connectivity index (χ1) is 10.0. The first kappa shape index (κ1) is 16.0. The molecule has 21 heavy (non-hydrogen) atoms. The van der Waals surface area contributed by atoms with E-state index in [0.29, 0.717) is 6.04 Å². The average Bonchev–Trinajstić information content (AvgIpc) is 3.00. The molecule has 0 aliphatic carbocycles. The number of carbonyl (C=O) groups excluding carboxylic acids is 1. The Kier molecular flexibility index (Phi) is 5.37. The van der Waals surface area contributed by atoms with E-state index in [1.54, 1.807) is 0 Å². The lowest BCUT2D eigenvalue weighted by Gasteiger charge is -2.34. The zero-order valence-corrected chi connectivity index (χ0v) is 13.4. The highest BCUT2D eigenvalue weighted by molar-refractivity contribution is 5.94. The van der Waals surface area contributed by atoms with Gasteiger partial charge in [-0.15, -0.1) is 0 Å². The quantitative estimate of drug-likeness (QED) is 0.845. The third kappa shape index (κ3) is 4.29. The van der Waals surface area contributed by atoms with Crippen LogP contribution < -0.4 is 10.6 Å². The number of nitrogens with one attached hydrogen (secondary N) is 2. The number of para-hydroxylation sites is 1. The molecule has 116 valence electrons. The van der Waals surface area contributed by atoms with Crippen molar-refractivity contribution in [3.05, 3.63) is 30.3 Å². The molecule has 4 heteroatoms. The van der Waals surface area contributed by atoms with E-state index < -0.39 is 5.41 Å². The Hall–Kier alpha value is -1.39. The summed E-state index contributed by atoms with van der Waals surface area (Å²) in [6.45, 7) is 10.1. The predicted octanol–water partition coefficient (Wildman–Crippen LogP) is 2.34. The van der Waals surface area contributed by atoms with Gasteiger partial charge in [0.2, 0.25) is 5.91 Å². The fraction of sp³-hybridized carbons (Fsp3) is 0.588. The van der Waals surface area contributed by atoms with E-state index in [0.717, 1.165) is 31.9 Å². The van der Waals surface area contributed by atoms with Crippen molar-refractivity contribution in [1.29, 1.82) is 0 Å². The van der Waals surface area contributed by atoms with Gasteiger partial charge in [0.15, 0.2) is 0 Å². The number of amides is 1. The molecule has 1 aliphatic rings. The van der Waals surface area contributed by atoms with Crippen LogP contribution in [-0.4, -0.2) is 43.0 Å². The number of hydrogen-bond donors (Lipinski definition) is 2. The van der Waals surface area contributed by atoms with Gasteiger partial charge >= 0.3 is 0 Å². The van der Waals surface area contributed by atoms with Crippen LogP contribution in [0.3, 0.4) is 0 Å². The Morgan fingerprint density at radius 3 is 2.67 bits per heavy atom. The Bertz CT molecular complexity index is 452. The lowest BCUT2D eigenvalue weighted by molar-refractivity contribution is -0.125. The molecule has 1 aromatic carbocycles. The Balaban J connectivity index is 1.97. The van der Waals surface area contributed by atoms with Gasteiger partial charge in [0.1, 0.15) is 0 Å². The van der Waals surface area contributed by atoms with Gasteiger partial charge in [-0.05, 0) is 45.5 Å². The van der Waals surface area contributed by atoms with Crippen LogP contribution in [-0.2, 0) is 4.79 Å². The third-order valence-electron chi connectivity index (χ3n) is 4.20. The maximum atomic E-state index is 12.5. The highest BCUT2D eigenvalue weighted by Crippen LogP contribution is 2.22. The Labute approximate surface area is 127 Å². The normalized spacial score (nSPS) is 19.0. The third-order valence-corrected chi connectivity index (χ3v) is 4.20. The summed E-state index contributed by atoms with van der Waals surface area (Å²) in [5, 5.41) is 6.42. The molecule has 1 aromatic rings. The minimum Gasteiger partial charge on any atom is -0.326 e. The highest BCUT2D eigenvalue weighted by Gasteiger charge is 2.33. The molecule has 4 nitrogen and oxygen atoms in total. The summed E-state index contributed by atoms with van der Waals surface area (Å²) < 4.78 is 0. The number of hydrogen-bond acceptors (Lipinski definition) is 3. The maximum Gasteiger partial charge on any atom is 0.231 e. The van der Waals surface area contributed by atoms with Crippen molar-refractivity contribution in [2.45, 2.75) is 33.2 Å². The summed E-state index contributed by atoms with van der Waals surface area (Å²) in [7, 11) is 0. The number of nitrogens with zero attached hydrogens (tertiary/aromatic N) is 1. The van der Waals surface area contributed by atoms with Crippen molar-refractivity contribution >= 4 is 11.6 Å². The van der Waals surface area contributed by atoms with Crippen LogP contribution in [0.1, 0.15) is 27.2 Å². The summed E-state index contributed by atoms with van der Waals surface area (Å²) >= 11 is 0. The van der Waals surface area contributed by atoms with Crippen LogP contribution in [0.2, 0.25) is 0 Å². The molecular formula is C17H27N3O. The summed E-state index contributed by atoms with van der Waals surface area (Å²) in [5.74, 6) is 0.0816. The summed E-state index contributed by atoms with van der Waals surface area (Å²) in [6.07, 6.45) is 1.17. The number of anilines is 1. The second-order valence-corrected chi connectivity index (χ2v) is 6.41. The molecule has 1 amide bonds. The van der Waals surface area contributed by atoms with Crippen molar-refractivity contribution in [3.63, 3.8) is 0 Å². The number of benzene rings is 1. The smallest absolute Gasteiger partial charge is 0.231 e. The van der Waals surface area contributed by atoms with Gasteiger partial charge in [-0.3, -0.25) is 9.69 Å². The monoisotopic (exact) mass is 289 g/mol. The van der Waals surface area contributed by atoms with E-state index >= 15 is 0 Å². The van der Waals surface area contributed by atoms with Crippen molar-refractivity contribution in [3.8, 4) is 0 Å². The van der Waals surface area contributed by atoms with Crippen LogP contribution >= 0.6 is 0 Å². The fourth-order valence-corrected chi connectivity index (χ4v) is 2.85. The van der Waals surface area contributed by atoms with Crippen molar-refractivity contribution in [2.24, 2.45) is 5.41 Å². The molecule has 0 aromatic heterocycles. The Morgan fingerprint density at radius 2 is 2.10 bits per heavy atom. The lowest BCUT2D eigenvalue weighted by Crippen LogP contribution is -2.46.